The molecule has 4 rings (SSSR count). The molecule has 10 heteroatoms. The Morgan fingerprint density at radius 3 is 2.45 bits per heavy atom. The number of aromatic hydroxyl groups is 1. The highest BCUT2D eigenvalue weighted by atomic mass is 35.5. The Morgan fingerprint density at radius 1 is 1.03 bits per heavy atom. The lowest BCUT2D eigenvalue weighted by Gasteiger charge is -2.18. The van der Waals surface area contributed by atoms with Gasteiger partial charge in [0.1, 0.15) is 11.3 Å². The fourth-order valence-electron chi connectivity index (χ4n) is 3.56. The molecule has 3 aromatic carbocycles. The van der Waals surface area contributed by atoms with E-state index in [2.05, 4.69) is 10.3 Å². The van der Waals surface area contributed by atoms with E-state index in [1.165, 1.54) is 6.07 Å². The Balaban J connectivity index is 1.67. The summed E-state index contributed by atoms with van der Waals surface area (Å²) >= 11 is 18.0. The molecule has 0 aliphatic carbocycles. The summed E-state index contributed by atoms with van der Waals surface area (Å²) in [6.45, 7) is 0. The molecule has 0 spiro atoms. The molecule has 1 heterocycles. The molecule has 0 fully saturated rings. The zero-order valence-electron chi connectivity index (χ0n) is 16.8. The first-order valence-electron chi connectivity index (χ1n) is 9.67. The van der Waals surface area contributed by atoms with Gasteiger partial charge in [-0.05, 0) is 29.8 Å². The van der Waals surface area contributed by atoms with Crippen molar-refractivity contribution >= 4 is 63.4 Å². The van der Waals surface area contributed by atoms with Crippen LogP contribution in [0, 0.1) is 0 Å². The number of imidazole rings is 1. The number of hydrogen-bond acceptors (Lipinski definition) is 4. The van der Waals surface area contributed by atoms with Crippen molar-refractivity contribution in [2.24, 2.45) is 0 Å². The predicted molar refractivity (Wildman–Crippen MR) is 128 cm³/mol. The smallest absolute Gasteiger partial charge is 0.305 e. The number of hydrogen-bond donors (Lipinski definition) is 3. The first-order chi connectivity index (χ1) is 15.8. The summed E-state index contributed by atoms with van der Waals surface area (Å²) in [5.74, 6) is -2.12. The SMILES string of the molecule is O=C(O)CC(c1ccccc1)n1cnc2cc(NC(=O)c3c(O)c(Cl)cc(Cl)c3Cl)ccc21. The number of phenolic OH excluding ortho intramolecular Hbond substituents is 1. The highest BCUT2D eigenvalue weighted by Crippen LogP contribution is 2.39. The van der Waals surface area contributed by atoms with Crippen LogP contribution >= 0.6 is 34.8 Å². The summed E-state index contributed by atoms with van der Waals surface area (Å²) in [7, 11) is 0. The highest BCUT2D eigenvalue weighted by Gasteiger charge is 2.23. The minimum atomic E-state index is -0.938. The molecule has 0 aliphatic heterocycles. The largest absolute Gasteiger partial charge is 0.505 e. The van der Waals surface area contributed by atoms with Crippen molar-refractivity contribution in [1.29, 1.82) is 0 Å². The summed E-state index contributed by atoms with van der Waals surface area (Å²) < 4.78 is 1.78. The average molecular weight is 505 g/mol. The van der Waals surface area contributed by atoms with Crippen LogP contribution in [0.1, 0.15) is 28.4 Å². The molecule has 0 saturated carbocycles. The first-order valence-corrected chi connectivity index (χ1v) is 10.8. The van der Waals surface area contributed by atoms with Crippen molar-refractivity contribution in [2.45, 2.75) is 12.5 Å². The van der Waals surface area contributed by atoms with Crippen molar-refractivity contribution in [2.75, 3.05) is 5.32 Å². The number of nitrogens with zero attached hydrogens (tertiary/aromatic N) is 2. The monoisotopic (exact) mass is 503 g/mol. The molecule has 1 aromatic heterocycles. The maximum Gasteiger partial charge on any atom is 0.305 e. The van der Waals surface area contributed by atoms with Crippen molar-refractivity contribution in [3.63, 3.8) is 0 Å². The van der Waals surface area contributed by atoms with Crippen molar-refractivity contribution in [3.05, 3.63) is 87.1 Å². The second-order valence-corrected chi connectivity index (χ2v) is 8.40. The molecule has 0 aliphatic rings. The lowest BCUT2D eigenvalue weighted by molar-refractivity contribution is -0.137. The van der Waals surface area contributed by atoms with Gasteiger partial charge in [0.2, 0.25) is 0 Å². The van der Waals surface area contributed by atoms with Gasteiger partial charge in [-0.2, -0.15) is 0 Å². The molecule has 1 unspecified atom stereocenters. The van der Waals surface area contributed by atoms with Gasteiger partial charge in [-0.3, -0.25) is 9.59 Å². The number of benzene rings is 3. The van der Waals surface area contributed by atoms with Gasteiger partial charge in [0.05, 0.1) is 44.9 Å². The average Bonchev–Trinajstić information content (AvgIpc) is 3.20. The van der Waals surface area contributed by atoms with Crippen LogP contribution in [-0.4, -0.2) is 31.6 Å². The minimum Gasteiger partial charge on any atom is -0.505 e. The van der Waals surface area contributed by atoms with Crippen molar-refractivity contribution < 1.29 is 19.8 Å². The number of carboxylic acid groups (broad SMARTS) is 1. The van der Waals surface area contributed by atoms with Crippen LogP contribution in [0.3, 0.4) is 0 Å². The Kier molecular flexibility index (Phi) is 6.47. The summed E-state index contributed by atoms with van der Waals surface area (Å²) in [5, 5.41) is 22.0. The van der Waals surface area contributed by atoms with Gasteiger partial charge in [0.25, 0.3) is 5.91 Å². The Labute approximate surface area is 203 Å². The third-order valence-electron chi connectivity index (χ3n) is 5.09. The normalized spacial score (nSPS) is 12.0. The number of nitrogens with one attached hydrogen (secondary N) is 1. The van der Waals surface area contributed by atoms with Crippen LogP contribution in [0.5, 0.6) is 5.75 Å². The number of fused-ring (bicyclic) bond motifs is 1. The van der Waals surface area contributed by atoms with Crippen LogP contribution in [0.4, 0.5) is 5.69 Å². The molecule has 1 atom stereocenters. The van der Waals surface area contributed by atoms with Gasteiger partial charge in [0, 0.05) is 5.69 Å². The Morgan fingerprint density at radius 2 is 1.76 bits per heavy atom. The number of anilines is 1. The van der Waals surface area contributed by atoms with E-state index in [0.717, 1.165) is 5.56 Å². The standard InChI is InChI=1S/C23H16Cl3N3O4/c24-14-9-15(25)22(32)20(21(14)26)23(33)28-13-6-7-17-16(8-13)27-11-29(17)18(10-19(30)31)12-4-2-1-3-5-12/h1-9,11,18,32H,10H2,(H,28,33)(H,30,31). The fourth-order valence-corrected chi connectivity index (χ4v) is 4.25. The zero-order valence-corrected chi connectivity index (χ0v) is 19.1. The summed E-state index contributed by atoms with van der Waals surface area (Å²) in [6.07, 6.45) is 1.44. The van der Waals surface area contributed by atoms with E-state index >= 15 is 0 Å². The van der Waals surface area contributed by atoms with E-state index in [0.29, 0.717) is 16.7 Å². The van der Waals surface area contributed by atoms with Crippen LogP contribution in [-0.2, 0) is 4.79 Å². The van der Waals surface area contributed by atoms with E-state index in [-0.39, 0.29) is 27.1 Å². The second kappa shape index (κ2) is 9.31. The van der Waals surface area contributed by atoms with E-state index in [1.807, 2.05) is 30.3 Å². The Hall–Kier alpha value is -3.26. The minimum absolute atomic E-state index is 0.0317. The fraction of sp³-hybridized carbons (Fsp3) is 0.0870. The molecule has 4 aromatic rings. The first kappa shape index (κ1) is 22.9. The van der Waals surface area contributed by atoms with E-state index in [1.54, 1.807) is 29.1 Å². The Bertz CT molecular complexity index is 1350. The zero-order chi connectivity index (χ0) is 23.7. The van der Waals surface area contributed by atoms with E-state index < -0.39 is 23.7 Å². The van der Waals surface area contributed by atoms with E-state index in [4.69, 9.17) is 34.8 Å². The van der Waals surface area contributed by atoms with Gasteiger partial charge in [0.15, 0.2) is 0 Å². The molecule has 3 N–H and O–H groups in total. The molecule has 168 valence electrons. The van der Waals surface area contributed by atoms with Crippen LogP contribution in [0.2, 0.25) is 15.1 Å². The maximum atomic E-state index is 12.8. The molecule has 7 nitrogen and oxygen atoms in total. The summed E-state index contributed by atoms with van der Waals surface area (Å²) in [4.78, 5) is 28.6. The van der Waals surface area contributed by atoms with Gasteiger partial charge in [-0.15, -0.1) is 0 Å². The number of rotatable bonds is 6. The molecular formula is C23H16Cl3N3O4. The van der Waals surface area contributed by atoms with Gasteiger partial charge >= 0.3 is 5.97 Å². The quantitative estimate of drug-likeness (QED) is 0.279. The number of amides is 1. The number of aliphatic carboxylic acids is 1. The lowest BCUT2D eigenvalue weighted by atomic mass is 10.0. The molecule has 0 radical (unpaired) electrons. The van der Waals surface area contributed by atoms with Crippen LogP contribution in [0.25, 0.3) is 11.0 Å². The van der Waals surface area contributed by atoms with Crippen molar-refractivity contribution in [1.82, 2.24) is 9.55 Å². The van der Waals surface area contributed by atoms with Crippen LogP contribution in [0.15, 0.2) is 60.9 Å². The molecule has 1 amide bonds. The number of carbonyl (C=O) groups is 2. The van der Waals surface area contributed by atoms with Gasteiger partial charge < -0.3 is 20.1 Å². The summed E-state index contributed by atoms with van der Waals surface area (Å²) in [6, 6.07) is 15.1. The summed E-state index contributed by atoms with van der Waals surface area (Å²) in [5.41, 5.74) is 2.21. The number of aromatic nitrogens is 2. The van der Waals surface area contributed by atoms with Gasteiger partial charge in [-0.25, -0.2) is 4.98 Å². The number of phenols is 1. The van der Waals surface area contributed by atoms with Gasteiger partial charge in [-0.1, -0.05) is 65.1 Å². The number of carbonyl (C=O) groups excluding carboxylic acids is 1. The molecular weight excluding hydrogens is 489 g/mol. The molecule has 33 heavy (non-hydrogen) atoms. The van der Waals surface area contributed by atoms with E-state index in [9.17, 15) is 19.8 Å². The number of carboxylic acids is 1. The molecule has 0 saturated heterocycles. The topological polar surface area (TPSA) is 104 Å². The second-order valence-electron chi connectivity index (χ2n) is 7.21. The predicted octanol–water partition coefficient (Wildman–Crippen LogP) is 6.02. The number of halogens is 3. The highest BCUT2D eigenvalue weighted by molar-refractivity contribution is 6.46. The third kappa shape index (κ3) is 4.61. The lowest BCUT2D eigenvalue weighted by Crippen LogP contribution is -2.14. The van der Waals surface area contributed by atoms with Crippen molar-refractivity contribution in [3.8, 4) is 5.75 Å². The van der Waals surface area contributed by atoms with Crippen LogP contribution < -0.4 is 5.32 Å². The molecule has 0 bridgehead atoms. The third-order valence-corrected chi connectivity index (χ3v) is 6.17. The maximum absolute atomic E-state index is 12.8.